The highest BCUT2D eigenvalue weighted by molar-refractivity contribution is 6.10. The summed E-state index contributed by atoms with van der Waals surface area (Å²) < 4.78 is 20.9. The number of methoxy groups -OCH3 is 1. The lowest BCUT2D eigenvalue weighted by molar-refractivity contribution is -0.180. The number of Topliss-reactive ketones (excluding diaryl/α,β-unsaturated/α-hetero) is 1. The number of benzene rings is 1. The molecule has 0 heterocycles. The second-order valence-corrected chi connectivity index (χ2v) is 6.22. The highest BCUT2D eigenvalue weighted by Crippen LogP contribution is 2.31. The first kappa shape index (κ1) is 21.1. The molecule has 8 heteroatoms. The molecule has 1 aromatic rings. The topological polar surface area (TPSA) is 105 Å². The first-order valence-corrected chi connectivity index (χ1v) is 8.63. The first-order valence-electron chi connectivity index (χ1n) is 8.63. The van der Waals surface area contributed by atoms with Crippen LogP contribution in [0.4, 0.5) is 0 Å². The van der Waals surface area contributed by atoms with Crippen molar-refractivity contribution in [1.82, 2.24) is 0 Å². The van der Waals surface area contributed by atoms with Gasteiger partial charge in [0.15, 0.2) is 18.0 Å². The maximum atomic E-state index is 13.0. The number of esters is 3. The van der Waals surface area contributed by atoms with Crippen LogP contribution >= 0.6 is 0 Å². The van der Waals surface area contributed by atoms with E-state index >= 15 is 0 Å². The summed E-state index contributed by atoms with van der Waals surface area (Å²) >= 11 is 0. The van der Waals surface area contributed by atoms with E-state index in [0.717, 1.165) is 0 Å². The number of hydrogen-bond donors (Lipinski definition) is 0. The van der Waals surface area contributed by atoms with Crippen LogP contribution in [0, 0.1) is 0 Å². The molecular formula is C20H22O8. The van der Waals surface area contributed by atoms with Crippen LogP contribution in [-0.2, 0) is 28.6 Å². The second kappa shape index (κ2) is 9.16. The lowest BCUT2D eigenvalue weighted by Gasteiger charge is -2.34. The number of ketones is 1. The van der Waals surface area contributed by atoms with Gasteiger partial charge in [0.2, 0.25) is 0 Å². The minimum Gasteiger partial charge on any atom is -0.496 e. The molecule has 2 rings (SSSR count). The largest absolute Gasteiger partial charge is 0.496 e. The molecule has 0 saturated heterocycles. The van der Waals surface area contributed by atoms with Crippen molar-refractivity contribution in [3.05, 3.63) is 41.5 Å². The molecule has 0 fully saturated rings. The van der Waals surface area contributed by atoms with E-state index in [2.05, 4.69) is 0 Å². The smallest absolute Gasteiger partial charge is 0.303 e. The normalized spacial score (nSPS) is 21.1. The molecule has 28 heavy (non-hydrogen) atoms. The SMILES string of the molecule is COc1ccccc1C(=O)C1=C[C@@H](OC(C)=O)[C@@H](OC(C)=O)[C@H](OC(C)=O)C1. The van der Waals surface area contributed by atoms with Crippen molar-refractivity contribution in [2.45, 2.75) is 45.5 Å². The molecule has 0 bridgehead atoms. The van der Waals surface area contributed by atoms with Crippen LogP contribution in [0.25, 0.3) is 0 Å². The Morgan fingerprint density at radius 2 is 1.50 bits per heavy atom. The zero-order chi connectivity index (χ0) is 20.8. The van der Waals surface area contributed by atoms with E-state index in [-0.39, 0.29) is 17.8 Å². The average Bonchev–Trinajstić information content (AvgIpc) is 2.62. The summed E-state index contributed by atoms with van der Waals surface area (Å²) in [6, 6.07) is 6.66. The van der Waals surface area contributed by atoms with Crippen LogP contribution < -0.4 is 4.74 Å². The van der Waals surface area contributed by atoms with E-state index < -0.39 is 36.2 Å². The van der Waals surface area contributed by atoms with Crippen molar-refractivity contribution in [3.63, 3.8) is 0 Å². The van der Waals surface area contributed by atoms with Gasteiger partial charge < -0.3 is 18.9 Å². The fraction of sp³-hybridized carbons (Fsp3) is 0.400. The summed E-state index contributed by atoms with van der Waals surface area (Å²) in [5.74, 6) is -1.87. The zero-order valence-electron chi connectivity index (χ0n) is 16.1. The second-order valence-electron chi connectivity index (χ2n) is 6.22. The Morgan fingerprint density at radius 3 is 2.07 bits per heavy atom. The highest BCUT2D eigenvalue weighted by Gasteiger charge is 2.41. The minimum absolute atomic E-state index is 0.00776. The fourth-order valence-electron chi connectivity index (χ4n) is 3.03. The van der Waals surface area contributed by atoms with Gasteiger partial charge in [-0.3, -0.25) is 19.2 Å². The predicted molar refractivity (Wildman–Crippen MR) is 96.7 cm³/mol. The molecule has 150 valence electrons. The van der Waals surface area contributed by atoms with E-state index in [1.54, 1.807) is 24.3 Å². The van der Waals surface area contributed by atoms with Gasteiger partial charge in [-0.05, 0) is 18.2 Å². The first-order chi connectivity index (χ1) is 13.2. The van der Waals surface area contributed by atoms with Crippen molar-refractivity contribution in [2.75, 3.05) is 7.11 Å². The van der Waals surface area contributed by atoms with Crippen molar-refractivity contribution < 1.29 is 38.1 Å². The van der Waals surface area contributed by atoms with Gasteiger partial charge in [-0.2, -0.15) is 0 Å². The highest BCUT2D eigenvalue weighted by atomic mass is 16.6. The van der Waals surface area contributed by atoms with Crippen molar-refractivity contribution in [3.8, 4) is 5.75 Å². The van der Waals surface area contributed by atoms with Crippen molar-refractivity contribution >= 4 is 23.7 Å². The lowest BCUT2D eigenvalue weighted by atomic mass is 9.87. The van der Waals surface area contributed by atoms with Crippen LogP contribution in [-0.4, -0.2) is 49.1 Å². The lowest BCUT2D eigenvalue weighted by Crippen LogP contribution is -2.47. The molecule has 3 atom stereocenters. The van der Waals surface area contributed by atoms with E-state index in [9.17, 15) is 19.2 Å². The standard InChI is InChI=1S/C20H22O8/c1-11(21)26-17-9-14(19(24)15-7-5-6-8-16(15)25-4)10-18(27-12(2)22)20(17)28-13(3)23/h5-9,17-18,20H,10H2,1-4H3/t17-,18-,20-/m1/s1. The molecule has 0 aromatic heterocycles. The molecule has 1 aliphatic rings. The van der Waals surface area contributed by atoms with Gasteiger partial charge >= 0.3 is 17.9 Å². The van der Waals surface area contributed by atoms with Gasteiger partial charge in [0, 0.05) is 32.8 Å². The molecule has 0 saturated carbocycles. The van der Waals surface area contributed by atoms with Gasteiger partial charge in [0.05, 0.1) is 12.7 Å². The minimum atomic E-state index is -1.08. The number of hydrogen-bond acceptors (Lipinski definition) is 8. The molecule has 0 radical (unpaired) electrons. The Kier molecular flexibility index (Phi) is 6.92. The van der Waals surface area contributed by atoms with Gasteiger partial charge in [-0.15, -0.1) is 0 Å². The van der Waals surface area contributed by atoms with Crippen LogP contribution in [0.2, 0.25) is 0 Å². The monoisotopic (exact) mass is 390 g/mol. The quantitative estimate of drug-likeness (QED) is 0.413. The third kappa shape index (κ3) is 5.18. The Hall–Kier alpha value is -3.16. The van der Waals surface area contributed by atoms with E-state index in [1.807, 2.05) is 0 Å². The van der Waals surface area contributed by atoms with Gasteiger partial charge in [-0.1, -0.05) is 12.1 Å². The number of rotatable bonds is 6. The van der Waals surface area contributed by atoms with Gasteiger partial charge in [-0.25, -0.2) is 0 Å². The summed E-state index contributed by atoms with van der Waals surface area (Å²) in [7, 11) is 1.45. The summed E-state index contributed by atoms with van der Waals surface area (Å²) in [6.07, 6.45) is -1.70. The number of para-hydroxylation sites is 1. The van der Waals surface area contributed by atoms with Crippen molar-refractivity contribution in [1.29, 1.82) is 0 Å². The summed E-state index contributed by atoms with van der Waals surface area (Å²) in [6.45, 7) is 3.58. The third-order valence-electron chi connectivity index (χ3n) is 4.04. The molecule has 0 spiro atoms. The molecule has 0 N–H and O–H groups in total. The molecule has 1 aliphatic carbocycles. The van der Waals surface area contributed by atoms with E-state index in [4.69, 9.17) is 18.9 Å². The number of ether oxygens (including phenoxy) is 4. The maximum absolute atomic E-state index is 13.0. The Balaban J connectivity index is 2.45. The third-order valence-corrected chi connectivity index (χ3v) is 4.04. The Morgan fingerprint density at radius 1 is 0.893 bits per heavy atom. The van der Waals surface area contributed by atoms with Crippen molar-refractivity contribution in [2.24, 2.45) is 0 Å². The Bertz CT molecular complexity index is 810. The summed E-state index contributed by atoms with van der Waals surface area (Å²) in [5, 5.41) is 0. The zero-order valence-corrected chi connectivity index (χ0v) is 16.1. The fourth-order valence-corrected chi connectivity index (χ4v) is 3.03. The van der Waals surface area contributed by atoms with Gasteiger partial charge in [0.25, 0.3) is 0 Å². The number of carbonyl (C=O) groups excluding carboxylic acids is 4. The summed E-state index contributed by atoms with van der Waals surface area (Å²) in [4.78, 5) is 47.6. The maximum Gasteiger partial charge on any atom is 0.303 e. The molecule has 8 nitrogen and oxygen atoms in total. The van der Waals surface area contributed by atoms with E-state index in [1.165, 1.54) is 34.0 Å². The molecular weight excluding hydrogens is 368 g/mol. The molecule has 0 amide bonds. The predicted octanol–water partition coefficient (Wildman–Crippen LogP) is 2.00. The number of carbonyl (C=O) groups is 4. The van der Waals surface area contributed by atoms with Crippen LogP contribution in [0.15, 0.2) is 35.9 Å². The van der Waals surface area contributed by atoms with Crippen LogP contribution in [0.1, 0.15) is 37.6 Å². The molecule has 0 unspecified atom stereocenters. The average molecular weight is 390 g/mol. The summed E-state index contributed by atoms with van der Waals surface area (Å²) in [5.41, 5.74) is 0.565. The van der Waals surface area contributed by atoms with Crippen LogP contribution in [0.3, 0.4) is 0 Å². The van der Waals surface area contributed by atoms with E-state index in [0.29, 0.717) is 11.3 Å². The van der Waals surface area contributed by atoms with Gasteiger partial charge in [0.1, 0.15) is 11.9 Å². The van der Waals surface area contributed by atoms with Crippen LogP contribution in [0.5, 0.6) is 5.75 Å². The Labute approximate surface area is 162 Å². The molecule has 0 aliphatic heterocycles. The molecule has 1 aromatic carbocycles.